The minimum Gasteiger partial charge on any atom is -0.349 e. The zero-order valence-corrected chi connectivity index (χ0v) is 10.5. The van der Waals surface area contributed by atoms with Crippen LogP contribution in [0.4, 0.5) is 0 Å². The number of hydrogen-bond acceptors (Lipinski definition) is 4. The zero-order valence-electron chi connectivity index (χ0n) is 10.5. The van der Waals surface area contributed by atoms with E-state index in [-0.39, 0.29) is 12.5 Å². The molecule has 2 aromatic rings. The van der Waals surface area contributed by atoms with E-state index in [4.69, 9.17) is 0 Å². The van der Waals surface area contributed by atoms with E-state index >= 15 is 0 Å². The van der Waals surface area contributed by atoms with Gasteiger partial charge in [0.2, 0.25) is 5.91 Å². The Labute approximate surface area is 112 Å². The number of nitrogens with zero attached hydrogens (tertiary/aromatic N) is 2. The van der Waals surface area contributed by atoms with E-state index in [1.807, 2.05) is 30.3 Å². The van der Waals surface area contributed by atoms with Gasteiger partial charge in [-0.1, -0.05) is 12.1 Å². The van der Waals surface area contributed by atoms with Crippen LogP contribution in [0.5, 0.6) is 0 Å². The van der Waals surface area contributed by atoms with E-state index in [0.717, 1.165) is 11.3 Å². The van der Waals surface area contributed by atoms with Crippen molar-refractivity contribution in [2.45, 2.75) is 13.1 Å². The van der Waals surface area contributed by atoms with Gasteiger partial charge in [-0.05, 0) is 23.8 Å². The molecule has 0 bridgehead atoms. The lowest BCUT2D eigenvalue weighted by Gasteiger charge is -2.06. The maximum absolute atomic E-state index is 11.6. The molecule has 19 heavy (non-hydrogen) atoms. The molecule has 0 unspecified atom stereocenters. The number of carbonyl (C=O) groups excluding carboxylic acids is 1. The Morgan fingerprint density at radius 2 is 2.05 bits per heavy atom. The second-order valence-electron chi connectivity index (χ2n) is 4.06. The number of aromatic nitrogens is 2. The fourth-order valence-corrected chi connectivity index (χ4v) is 1.58. The summed E-state index contributed by atoms with van der Waals surface area (Å²) in [7, 11) is 0. The van der Waals surface area contributed by atoms with Crippen molar-refractivity contribution in [3.63, 3.8) is 0 Å². The van der Waals surface area contributed by atoms with Crippen molar-refractivity contribution in [2.24, 2.45) is 0 Å². The van der Waals surface area contributed by atoms with Gasteiger partial charge in [0.1, 0.15) is 0 Å². The quantitative estimate of drug-likeness (QED) is 0.805. The second kappa shape index (κ2) is 7.23. The van der Waals surface area contributed by atoms with Crippen LogP contribution in [-0.4, -0.2) is 22.4 Å². The van der Waals surface area contributed by atoms with Crippen LogP contribution >= 0.6 is 0 Å². The van der Waals surface area contributed by atoms with E-state index < -0.39 is 0 Å². The Hall–Kier alpha value is -2.27. The molecule has 2 heterocycles. The maximum atomic E-state index is 11.6. The van der Waals surface area contributed by atoms with Gasteiger partial charge in [-0.2, -0.15) is 0 Å². The molecule has 0 saturated heterocycles. The summed E-state index contributed by atoms with van der Waals surface area (Å²) in [6.45, 7) is 1.36. The van der Waals surface area contributed by atoms with Crippen molar-refractivity contribution in [1.82, 2.24) is 20.6 Å². The third-order valence-corrected chi connectivity index (χ3v) is 2.53. The molecule has 0 aliphatic rings. The summed E-state index contributed by atoms with van der Waals surface area (Å²) in [5.41, 5.74) is 1.91. The monoisotopic (exact) mass is 256 g/mol. The van der Waals surface area contributed by atoms with Gasteiger partial charge in [-0.15, -0.1) is 0 Å². The van der Waals surface area contributed by atoms with Gasteiger partial charge < -0.3 is 10.6 Å². The molecule has 0 aliphatic heterocycles. The summed E-state index contributed by atoms with van der Waals surface area (Å²) < 4.78 is 0. The summed E-state index contributed by atoms with van der Waals surface area (Å²) in [6.07, 6.45) is 5.21. The molecule has 1 amide bonds. The molecule has 0 aromatic carbocycles. The van der Waals surface area contributed by atoms with Crippen LogP contribution in [0.3, 0.4) is 0 Å². The average Bonchev–Trinajstić information content (AvgIpc) is 2.47. The average molecular weight is 256 g/mol. The second-order valence-corrected chi connectivity index (χ2v) is 4.06. The van der Waals surface area contributed by atoms with Crippen LogP contribution in [0.2, 0.25) is 0 Å². The molecular formula is C14H16N4O. The first-order valence-corrected chi connectivity index (χ1v) is 6.11. The highest BCUT2D eigenvalue weighted by atomic mass is 16.1. The van der Waals surface area contributed by atoms with Crippen molar-refractivity contribution in [3.8, 4) is 0 Å². The first-order chi connectivity index (χ1) is 9.34. The zero-order chi connectivity index (χ0) is 13.3. The summed E-state index contributed by atoms with van der Waals surface area (Å²) in [5.74, 6) is -0.0467. The van der Waals surface area contributed by atoms with E-state index in [1.165, 1.54) is 0 Å². The predicted molar refractivity (Wildman–Crippen MR) is 72.0 cm³/mol. The van der Waals surface area contributed by atoms with Crippen molar-refractivity contribution >= 4 is 5.91 Å². The first-order valence-electron chi connectivity index (χ1n) is 6.11. The molecule has 98 valence electrons. The molecule has 0 fully saturated rings. The summed E-state index contributed by atoms with van der Waals surface area (Å²) in [6, 6.07) is 9.46. The number of amides is 1. The number of nitrogens with one attached hydrogen (secondary N) is 2. The molecule has 0 saturated carbocycles. The van der Waals surface area contributed by atoms with Gasteiger partial charge in [-0.3, -0.25) is 14.8 Å². The van der Waals surface area contributed by atoms with Gasteiger partial charge in [0.05, 0.1) is 18.8 Å². The van der Waals surface area contributed by atoms with E-state index in [0.29, 0.717) is 13.1 Å². The Bertz CT molecular complexity index is 501. The Morgan fingerprint density at radius 3 is 2.79 bits per heavy atom. The Kier molecular flexibility index (Phi) is 5.01. The van der Waals surface area contributed by atoms with Gasteiger partial charge in [0.15, 0.2) is 0 Å². The lowest BCUT2D eigenvalue weighted by atomic mass is 10.3. The smallest absolute Gasteiger partial charge is 0.234 e. The third kappa shape index (κ3) is 4.85. The Balaban J connectivity index is 1.65. The summed E-state index contributed by atoms with van der Waals surface area (Å²) in [4.78, 5) is 19.7. The molecule has 5 nitrogen and oxygen atoms in total. The fourth-order valence-electron chi connectivity index (χ4n) is 1.58. The molecule has 0 spiro atoms. The molecule has 2 aromatic heterocycles. The molecule has 0 radical (unpaired) electrons. The number of rotatable bonds is 6. The molecule has 0 aliphatic carbocycles. The Morgan fingerprint density at radius 1 is 1.11 bits per heavy atom. The number of hydrogen-bond donors (Lipinski definition) is 2. The highest BCUT2D eigenvalue weighted by Gasteiger charge is 2.01. The molecule has 0 atom stereocenters. The largest absolute Gasteiger partial charge is 0.349 e. The topological polar surface area (TPSA) is 66.9 Å². The van der Waals surface area contributed by atoms with Crippen molar-refractivity contribution in [2.75, 3.05) is 6.54 Å². The number of pyridine rings is 2. The normalized spacial score (nSPS) is 10.1. The standard InChI is InChI=1S/C14H16N4O/c19-14(18-10-13-5-1-2-7-17-13)11-16-9-12-4-3-6-15-8-12/h1-8,16H,9-11H2,(H,18,19). The van der Waals surface area contributed by atoms with Crippen LogP contribution in [0.15, 0.2) is 48.9 Å². The first kappa shape index (κ1) is 13.2. The van der Waals surface area contributed by atoms with Gasteiger partial charge in [0.25, 0.3) is 0 Å². The van der Waals surface area contributed by atoms with Gasteiger partial charge >= 0.3 is 0 Å². The van der Waals surface area contributed by atoms with Gasteiger partial charge in [-0.25, -0.2) is 0 Å². The van der Waals surface area contributed by atoms with Crippen molar-refractivity contribution in [3.05, 3.63) is 60.2 Å². The maximum Gasteiger partial charge on any atom is 0.234 e. The van der Waals surface area contributed by atoms with Crippen molar-refractivity contribution < 1.29 is 4.79 Å². The highest BCUT2D eigenvalue weighted by molar-refractivity contribution is 5.77. The highest BCUT2D eigenvalue weighted by Crippen LogP contribution is 1.94. The van der Waals surface area contributed by atoms with Crippen molar-refractivity contribution in [1.29, 1.82) is 0 Å². The molecule has 2 N–H and O–H groups in total. The minimum atomic E-state index is -0.0467. The summed E-state index contributed by atoms with van der Waals surface area (Å²) >= 11 is 0. The summed E-state index contributed by atoms with van der Waals surface area (Å²) in [5, 5.41) is 5.87. The molecular weight excluding hydrogens is 240 g/mol. The molecule has 5 heteroatoms. The van der Waals surface area contributed by atoms with Gasteiger partial charge in [0, 0.05) is 25.1 Å². The van der Waals surface area contributed by atoms with Crippen LogP contribution in [-0.2, 0) is 17.9 Å². The van der Waals surface area contributed by atoms with E-state index in [1.54, 1.807) is 18.6 Å². The van der Waals surface area contributed by atoms with Crippen LogP contribution in [0.1, 0.15) is 11.3 Å². The third-order valence-electron chi connectivity index (χ3n) is 2.53. The van der Waals surface area contributed by atoms with Crippen LogP contribution < -0.4 is 10.6 Å². The molecule has 2 rings (SSSR count). The number of carbonyl (C=O) groups is 1. The SMILES string of the molecule is O=C(CNCc1cccnc1)NCc1ccccn1. The van der Waals surface area contributed by atoms with E-state index in [9.17, 15) is 4.79 Å². The lowest BCUT2D eigenvalue weighted by molar-refractivity contribution is -0.120. The minimum absolute atomic E-state index is 0.0467. The van der Waals surface area contributed by atoms with E-state index in [2.05, 4.69) is 20.6 Å². The van der Waals surface area contributed by atoms with Crippen LogP contribution in [0.25, 0.3) is 0 Å². The predicted octanol–water partition coefficient (Wildman–Crippen LogP) is 0.883. The lowest BCUT2D eigenvalue weighted by Crippen LogP contribution is -2.33. The van der Waals surface area contributed by atoms with Crippen LogP contribution in [0, 0.1) is 0 Å². The fraction of sp³-hybridized carbons (Fsp3) is 0.214.